The molecular formula is C50H74O5. The minimum absolute atomic E-state index is 0.00993. The zero-order valence-corrected chi connectivity index (χ0v) is 36.5. The smallest absolute Gasteiger partial charge is 0.313 e. The average Bonchev–Trinajstić information content (AvgIpc) is 3.53. The van der Waals surface area contributed by atoms with Crippen LogP contribution in [0.5, 0.6) is 0 Å². The predicted molar refractivity (Wildman–Crippen MR) is 214 cm³/mol. The van der Waals surface area contributed by atoms with Crippen molar-refractivity contribution in [3.63, 3.8) is 0 Å². The van der Waals surface area contributed by atoms with E-state index in [4.69, 9.17) is 4.74 Å². The van der Waals surface area contributed by atoms with Crippen LogP contribution in [0.15, 0.2) is 11.1 Å². The Morgan fingerprint density at radius 1 is 0.709 bits per heavy atom. The Kier molecular flexibility index (Phi) is 7.42. The molecule has 2 bridgehead atoms. The predicted octanol–water partition coefficient (Wildman–Crippen LogP) is 10.7. The second-order valence-corrected chi connectivity index (χ2v) is 25.0. The van der Waals surface area contributed by atoms with E-state index in [1.54, 1.807) is 0 Å². The number of carbonyl (C=O) groups is 3. The molecule has 16 atom stereocenters. The first-order chi connectivity index (χ1) is 25.5. The molecule has 10 aliphatic carbocycles. The molecule has 8 fully saturated rings. The van der Waals surface area contributed by atoms with Gasteiger partial charge in [0.25, 0.3) is 0 Å². The molecule has 7 saturated carbocycles. The average molecular weight is 755 g/mol. The van der Waals surface area contributed by atoms with Crippen molar-refractivity contribution in [3.05, 3.63) is 11.1 Å². The van der Waals surface area contributed by atoms with Crippen molar-refractivity contribution in [1.29, 1.82) is 0 Å². The molecule has 5 heteroatoms. The standard InChI is InChI=1S/C50H74O5/c1-27(2)50(54)30-25-49(39(40(50)52)36-28(30)13-15-32-42(3,4)19-12-20-46(32,36)9)38-31(55-41(49)53)26-44(7)23-24-47(10)29(37(38)44)14-16-34-45(8)21-18-35(51)43(5,6)33(45)17-22-48(34,47)11/h27,29-34,37-39,54H,12-26H2,1-11H3/t29-,30-,31-,32?,33+,34-,37+,38-,39+,44+,45+,46+,47-,48-,49-,50-/m1/s1. The molecular weight excluding hydrogens is 681 g/mol. The van der Waals surface area contributed by atoms with Crippen LogP contribution in [0.2, 0.25) is 0 Å². The van der Waals surface area contributed by atoms with E-state index in [1.165, 1.54) is 43.3 Å². The zero-order chi connectivity index (χ0) is 39.5. The number of Topliss-reactive ketones (excluding diaryl/α,β-unsaturated/α-hetero) is 2. The summed E-state index contributed by atoms with van der Waals surface area (Å²) < 4.78 is 6.79. The first kappa shape index (κ1) is 37.8. The van der Waals surface area contributed by atoms with Gasteiger partial charge in [0, 0.05) is 23.7 Å². The van der Waals surface area contributed by atoms with Gasteiger partial charge in [0.2, 0.25) is 0 Å². The second-order valence-electron chi connectivity index (χ2n) is 25.0. The summed E-state index contributed by atoms with van der Waals surface area (Å²) in [6.45, 7) is 26.4. The maximum absolute atomic E-state index is 15.6. The Morgan fingerprint density at radius 2 is 1.44 bits per heavy atom. The lowest BCUT2D eigenvalue weighted by molar-refractivity contribution is -0.238. The number of rotatable bonds is 1. The van der Waals surface area contributed by atoms with Crippen LogP contribution >= 0.6 is 0 Å². The molecule has 1 aliphatic heterocycles. The fourth-order valence-electron chi connectivity index (χ4n) is 20.0. The lowest BCUT2D eigenvalue weighted by Crippen LogP contribution is -2.71. The summed E-state index contributed by atoms with van der Waals surface area (Å²) in [6, 6.07) is 0. The van der Waals surface area contributed by atoms with Crippen molar-refractivity contribution in [2.24, 2.45) is 96.6 Å². The molecule has 1 unspecified atom stereocenters. The maximum atomic E-state index is 15.6. The van der Waals surface area contributed by atoms with E-state index in [0.717, 1.165) is 51.4 Å². The largest absolute Gasteiger partial charge is 0.462 e. The molecule has 1 spiro atoms. The van der Waals surface area contributed by atoms with Crippen molar-refractivity contribution in [3.8, 4) is 0 Å². The minimum Gasteiger partial charge on any atom is -0.462 e. The van der Waals surface area contributed by atoms with Crippen LogP contribution in [-0.2, 0) is 19.1 Å². The van der Waals surface area contributed by atoms with Crippen LogP contribution in [0.25, 0.3) is 0 Å². The number of esters is 1. The van der Waals surface area contributed by atoms with E-state index in [0.29, 0.717) is 48.2 Å². The first-order valence-corrected chi connectivity index (χ1v) is 23.2. The van der Waals surface area contributed by atoms with E-state index >= 15 is 9.59 Å². The molecule has 11 rings (SSSR count). The number of hydrogen-bond donors (Lipinski definition) is 1. The third-order valence-corrected chi connectivity index (χ3v) is 22.6. The van der Waals surface area contributed by atoms with Crippen molar-refractivity contribution in [2.45, 2.75) is 184 Å². The van der Waals surface area contributed by atoms with Gasteiger partial charge in [-0.3, -0.25) is 14.4 Å². The summed E-state index contributed by atoms with van der Waals surface area (Å²) in [6.07, 6.45) is 15.6. The molecule has 1 heterocycles. The SMILES string of the molecule is CC(C)[C@]1(O)C(=O)[C@@H]2C3=C(CCC4C(C)(C)CCC[C@]34C)[C@H]1C[C@]21C(=O)O[C@@H]2C[C@]3(C)CC[C@]4(C)[C@H](CC[C@@H]5[C@@]6(C)CCC(=O)C(C)(C)[C@@H]6CC[C@]54C)[C@H]3[C@@H]21. The number of carbonyl (C=O) groups excluding carboxylic acids is 3. The van der Waals surface area contributed by atoms with Crippen LogP contribution in [0.1, 0.15) is 172 Å². The van der Waals surface area contributed by atoms with Crippen molar-refractivity contribution in [2.75, 3.05) is 0 Å². The summed E-state index contributed by atoms with van der Waals surface area (Å²) in [7, 11) is 0. The molecule has 0 aromatic carbocycles. The highest BCUT2D eigenvalue weighted by Crippen LogP contribution is 2.81. The number of aliphatic hydroxyl groups is 1. The highest BCUT2D eigenvalue weighted by Gasteiger charge is 2.81. The fourth-order valence-corrected chi connectivity index (χ4v) is 20.0. The van der Waals surface area contributed by atoms with E-state index in [9.17, 15) is 9.90 Å². The fraction of sp³-hybridized carbons (Fsp3) is 0.900. The summed E-state index contributed by atoms with van der Waals surface area (Å²) >= 11 is 0. The Hall–Kier alpha value is -1.49. The minimum atomic E-state index is -1.43. The second kappa shape index (κ2) is 10.8. The van der Waals surface area contributed by atoms with E-state index in [2.05, 4.69) is 62.3 Å². The Bertz CT molecular complexity index is 1800. The third kappa shape index (κ3) is 4.02. The molecule has 1 N–H and O–H groups in total. The number of hydrogen-bond acceptors (Lipinski definition) is 5. The van der Waals surface area contributed by atoms with Gasteiger partial charge in [0.15, 0.2) is 5.78 Å². The number of allylic oxidation sites excluding steroid dienone is 1. The molecule has 0 aromatic heterocycles. The topological polar surface area (TPSA) is 80.7 Å². The third-order valence-electron chi connectivity index (χ3n) is 22.6. The first-order valence-electron chi connectivity index (χ1n) is 23.2. The van der Waals surface area contributed by atoms with Crippen LogP contribution in [0.3, 0.4) is 0 Å². The molecule has 0 amide bonds. The normalized spacial score (nSPS) is 57.0. The molecule has 304 valence electrons. The Balaban J connectivity index is 1.11. The van der Waals surface area contributed by atoms with Gasteiger partial charge >= 0.3 is 5.97 Å². The van der Waals surface area contributed by atoms with Gasteiger partial charge in [-0.25, -0.2) is 0 Å². The van der Waals surface area contributed by atoms with Gasteiger partial charge in [-0.05, 0) is 151 Å². The molecule has 5 nitrogen and oxygen atoms in total. The van der Waals surface area contributed by atoms with Gasteiger partial charge in [-0.2, -0.15) is 0 Å². The molecule has 0 radical (unpaired) electrons. The molecule has 0 aromatic rings. The van der Waals surface area contributed by atoms with Crippen LogP contribution in [-0.4, -0.2) is 34.3 Å². The highest BCUT2D eigenvalue weighted by atomic mass is 16.6. The number of ether oxygens (including phenoxy) is 1. The summed E-state index contributed by atoms with van der Waals surface area (Å²) in [5.41, 5.74) is 0.598. The van der Waals surface area contributed by atoms with E-state index < -0.39 is 16.9 Å². The van der Waals surface area contributed by atoms with Gasteiger partial charge in [-0.1, -0.05) is 93.7 Å². The van der Waals surface area contributed by atoms with Gasteiger partial charge in [0.1, 0.15) is 17.5 Å². The number of fused-ring (bicyclic) bond motifs is 11. The van der Waals surface area contributed by atoms with E-state index in [1.807, 2.05) is 13.8 Å². The monoisotopic (exact) mass is 755 g/mol. The van der Waals surface area contributed by atoms with Crippen LogP contribution in [0.4, 0.5) is 0 Å². The van der Waals surface area contributed by atoms with E-state index in [-0.39, 0.29) is 73.5 Å². The summed E-state index contributed by atoms with van der Waals surface area (Å²) in [4.78, 5) is 44.2. The Morgan fingerprint density at radius 3 is 2.15 bits per heavy atom. The van der Waals surface area contributed by atoms with Gasteiger partial charge in [-0.15, -0.1) is 0 Å². The lowest BCUT2D eigenvalue weighted by atomic mass is 9.31. The van der Waals surface area contributed by atoms with Crippen molar-refractivity contribution < 1.29 is 24.2 Å². The molecule has 55 heavy (non-hydrogen) atoms. The van der Waals surface area contributed by atoms with Gasteiger partial charge in [0.05, 0.1) is 11.3 Å². The zero-order valence-electron chi connectivity index (χ0n) is 36.5. The summed E-state index contributed by atoms with van der Waals surface area (Å²) in [5, 5.41) is 12.8. The highest BCUT2D eigenvalue weighted by molar-refractivity contribution is 6.01. The maximum Gasteiger partial charge on any atom is 0.313 e. The van der Waals surface area contributed by atoms with Crippen molar-refractivity contribution in [1.82, 2.24) is 0 Å². The molecule has 1 saturated heterocycles. The van der Waals surface area contributed by atoms with Crippen molar-refractivity contribution >= 4 is 17.5 Å². The summed E-state index contributed by atoms with van der Waals surface area (Å²) in [5.74, 6) is 1.50. The van der Waals surface area contributed by atoms with Gasteiger partial charge < -0.3 is 9.84 Å². The number of ketones is 2. The quantitative estimate of drug-likeness (QED) is 0.213. The lowest BCUT2D eigenvalue weighted by Gasteiger charge is -2.72. The Labute approximate surface area is 332 Å². The molecule has 11 aliphatic rings. The van der Waals surface area contributed by atoms with Crippen LogP contribution < -0.4 is 0 Å². The van der Waals surface area contributed by atoms with Crippen LogP contribution in [0, 0.1) is 96.6 Å².